The molecule has 0 aliphatic heterocycles. The van der Waals surface area contributed by atoms with Crippen LogP contribution >= 0.6 is 11.6 Å². The van der Waals surface area contributed by atoms with E-state index in [1.165, 1.54) is 7.11 Å². The zero-order chi connectivity index (χ0) is 19.2. The zero-order valence-electron chi connectivity index (χ0n) is 15.4. The Morgan fingerprint density at radius 3 is 2.46 bits per heavy atom. The first-order valence-electron chi connectivity index (χ1n) is 8.19. The van der Waals surface area contributed by atoms with Gasteiger partial charge < -0.3 is 14.9 Å². The minimum Gasteiger partial charge on any atom is -0.495 e. The van der Waals surface area contributed by atoms with E-state index in [1.807, 2.05) is 30.3 Å². The molecule has 0 unspecified atom stereocenters. The zero-order valence-corrected chi connectivity index (χ0v) is 16.1. The number of halogens is 1. The van der Waals surface area contributed by atoms with Crippen molar-refractivity contribution in [2.24, 2.45) is 0 Å². The lowest BCUT2D eigenvalue weighted by atomic mass is 10.1. The topological polar surface area (TPSA) is 71.6 Å². The van der Waals surface area contributed by atoms with Crippen molar-refractivity contribution in [1.29, 1.82) is 0 Å². The molecule has 0 atom stereocenters. The Bertz CT molecular complexity index is 746. The van der Waals surface area contributed by atoms with E-state index in [4.69, 9.17) is 21.1 Å². The van der Waals surface area contributed by atoms with Crippen LogP contribution in [0.25, 0.3) is 0 Å². The quantitative estimate of drug-likeness (QED) is 0.630. The largest absolute Gasteiger partial charge is 0.495 e. The van der Waals surface area contributed by atoms with Crippen molar-refractivity contribution in [1.82, 2.24) is 5.43 Å². The minimum atomic E-state index is -0.589. The number of anilines is 2. The van der Waals surface area contributed by atoms with Crippen molar-refractivity contribution < 1.29 is 14.3 Å². The summed E-state index contributed by atoms with van der Waals surface area (Å²) in [4.78, 5) is 12.1. The second-order valence-electron chi connectivity index (χ2n) is 6.62. The average Bonchev–Trinajstić information content (AvgIpc) is 2.56. The number of nitrogens with one attached hydrogen (secondary N) is 3. The Balaban J connectivity index is 2.12. The van der Waals surface area contributed by atoms with Gasteiger partial charge in [0.15, 0.2) is 0 Å². The molecule has 0 fully saturated rings. The molecular weight excluding hydrogens is 354 g/mol. The first-order chi connectivity index (χ1) is 12.3. The minimum absolute atomic E-state index is 0.420. The van der Waals surface area contributed by atoms with Crippen LogP contribution in [0.2, 0.25) is 5.02 Å². The highest BCUT2D eigenvalue weighted by atomic mass is 35.5. The Morgan fingerprint density at radius 1 is 1.15 bits per heavy atom. The van der Waals surface area contributed by atoms with Gasteiger partial charge in [0, 0.05) is 18.3 Å². The fraction of sp³-hybridized carbons (Fsp3) is 0.316. The van der Waals surface area contributed by atoms with Crippen LogP contribution in [0.3, 0.4) is 0 Å². The van der Waals surface area contributed by atoms with Gasteiger partial charge in [-0.05, 0) is 44.5 Å². The summed E-state index contributed by atoms with van der Waals surface area (Å²) in [6.45, 7) is 5.84. The second-order valence-corrected chi connectivity index (χ2v) is 7.02. The van der Waals surface area contributed by atoms with E-state index in [-0.39, 0.29) is 0 Å². The number of hydrogen-bond donors (Lipinski definition) is 3. The van der Waals surface area contributed by atoms with E-state index >= 15 is 0 Å². The van der Waals surface area contributed by atoms with Crippen molar-refractivity contribution in [3.8, 4) is 5.75 Å². The second kappa shape index (κ2) is 8.78. The number of ether oxygens (including phenoxy) is 2. The number of rotatable bonds is 6. The molecule has 0 aliphatic carbocycles. The molecule has 0 aromatic heterocycles. The molecule has 0 saturated carbocycles. The molecule has 1 amide bonds. The third-order valence-electron chi connectivity index (χ3n) is 3.30. The van der Waals surface area contributed by atoms with Gasteiger partial charge in [0.2, 0.25) is 0 Å². The van der Waals surface area contributed by atoms with Crippen molar-refractivity contribution in [3.63, 3.8) is 0 Å². The van der Waals surface area contributed by atoms with Crippen LogP contribution in [0.5, 0.6) is 5.75 Å². The molecule has 2 rings (SSSR count). The van der Waals surface area contributed by atoms with Crippen LogP contribution in [0.4, 0.5) is 16.2 Å². The van der Waals surface area contributed by atoms with Gasteiger partial charge in [-0.2, -0.15) is 0 Å². The molecular formula is C19H24ClN3O3. The summed E-state index contributed by atoms with van der Waals surface area (Å²) in [5.41, 5.74) is 7.87. The summed E-state index contributed by atoms with van der Waals surface area (Å²) in [6, 6.07) is 13.1. The Morgan fingerprint density at radius 2 is 1.85 bits per heavy atom. The summed E-state index contributed by atoms with van der Waals surface area (Å²) in [6.07, 6.45) is -0.542. The van der Waals surface area contributed by atoms with Crippen molar-refractivity contribution >= 4 is 29.1 Å². The highest BCUT2D eigenvalue weighted by molar-refractivity contribution is 6.32. The summed E-state index contributed by atoms with van der Waals surface area (Å²) < 4.78 is 10.6. The predicted molar refractivity (Wildman–Crippen MR) is 105 cm³/mol. The molecule has 6 nitrogen and oxygen atoms in total. The van der Waals surface area contributed by atoms with E-state index in [2.05, 4.69) is 16.2 Å². The Hall–Kier alpha value is -2.44. The number of methoxy groups -OCH3 is 1. The van der Waals surface area contributed by atoms with E-state index in [1.54, 1.807) is 32.9 Å². The molecule has 0 spiro atoms. The fourth-order valence-corrected chi connectivity index (χ4v) is 2.45. The van der Waals surface area contributed by atoms with E-state index < -0.39 is 11.7 Å². The number of hydrogen-bond acceptors (Lipinski definition) is 5. The Kier molecular flexibility index (Phi) is 6.71. The summed E-state index contributed by atoms with van der Waals surface area (Å²) in [5.74, 6) is 0.470. The predicted octanol–water partition coefficient (Wildman–Crippen LogP) is 4.81. The highest BCUT2D eigenvalue weighted by Gasteiger charge is 2.18. The number of para-hydroxylation sites is 1. The third kappa shape index (κ3) is 6.13. The molecule has 0 heterocycles. The number of carbonyl (C=O) groups excluding carboxylic acids is 1. The number of hydrazine groups is 1. The van der Waals surface area contributed by atoms with Gasteiger partial charge in [-0.3, -0.25) is 5.32 Å². The van der Waals surface area contributed by atoms with Gasteiger partial charge in [-0.25, -0.2) is 10.2 Å². The fourth-order valence-electron chi connectivity index (χ4n) is 2.19. The van der Waals surface area contributed by atoms with Gasteiger partial charge in [-0.15, -0.1) is 0 Å². The summed E-state index contributed by atoms with van der Waals surface area (Å²) >= 11 is 6.22. The van der Waals surface area contributed by atoms with Crippen LogP contribution in [0.1, 0.15) is 26.3 Å². The summed E-state index contributed by atoms with van der Waals surface area (Å²) in [5, 5.41) is 3.21. The van der Waals surface area contributed by atoms with E-state index in [0.717, 1.165) is 11.3 Å². The maximum atomic E-state index is 12.1. The lowest BCUT2D eigenvalue weighted by molar-refractivity contribution is 0.0636. The van der Waals surface area contributed by atoms with Gasteiger partial charge >= 0.3 is 6.09 Å². The van der Waals surface area contributed by atoms with E-state index in [9.17, 15) is 4.79 Å². The van der Waals surface area contributed by atoms with Crippen LogP contribution in [0.15, 0.2) is 42.5 Å². The lowest BCUT2D eigenvalue weighted by Gasteiger charge is -2.21. The van der Waals surface area contributed by atoms with Gasteiger partial charge in [0.1, 0.15) is 11.4 Å². The maximum absolute atomic E-state index is 12.1. The lowest BCUT2D eigenvalue weighted by Crippen LogP contribution is -2.28. The highest BCUT2D eigenvalue weighted by Crippen LogP contribution is 2.31. The first-order valence-corrected chi connectivity index (χ1v) is 8.56. The average molecular weight is 378 g/mol. The van der Waals surface area contributed by atoms with Gasteiger partial charge in [0.25, 0.3) is 0 Å². The molecule has 0 aliphatic rings. The smallest absolute Gasteiger partial charge is 0.412 e. The van der Waals surface area contributed by atoms with Gasteiger partial charge in [0.05, 0.1) is 17.8 Å². The summed E-state index contributed by atoms with van der Waals surface area (Å²) in [7, 11) is 1.52. The first kappa shape index (κ1) is 19.9. The SMILES string of the molecule is COc1cc(NC(=O)OC(C)(C)C)c(CNNc2ccccc2)cc1Cl. The van der Waals surface area contributed by atoms with Crippen LogP contribution in [-0.4, -0.2) is 18.8 Å². The van der Waals surface area contributed by atoms with Crippen molar-refractivity contribution in [2.45, 2.75) is 32.9 Å². The van der Waals surface area contributed by atoms with Crippen molar-refractivity contribution in [2.75, 3.05) is 17.9 Å². The van der Waals surface area contributed by atoms with Crippen molar-refractivity contribution in [3.05, 3.63) is 53.1 Å². The molecule has 3 N–H and O–H groups in total. The molecule has 2 aromatic rings. The molecule has 0 radical (unpaired) electrons. The standard InChI is InChI=1S/C19H24ClN3O3/c1-19(2,3)26-18(24)22-16-11-17(25-4)15(20)10-13(16)12-21-23-14-8-6-5-7-9-14/h5-11,21,23H,12H2,1-4H3,(H,22,24). The normalized spacial score (nSPS) is 11.0. The molecule has 26 heavy (non-hydrogen) atoms. The molecule has 2 aromatic carbocycles. The third-order valence-corrected chi connectivity index (χ3v) is 3.59. The van der Waals surface area contributed by atoms with Crippen LogP contribution in [-0.2, 0) is 11.3 Å². The monoisotopic (exact) mass is 377 g/mol. The molecule has 0 bridgehead atoms. The van der Waals surface area contributed by atoms with E-state index in [0.29, 0.717) is 23.0 Å². The molecule has 140 valence electrons. The Labute approximate surface area is 158 Å². The molecule has 7 heteroatoms. The molecule has 0 saturated heterocycles. The number of amides is 1. The van der Waals surface area contributed by atoms with Crippen LogP contribution < -0.4 is 20.9 Å². The van der Waals surface area contributed by atoms with Gasteiger partial charge in [-0.1, -0.05) is 29.8 Å². The van der Waals surface area contributed by atoms with Crippen LogP contribution in [0, 0.1) is 0 Å². The number of carbonyl (C=O) groups is 1. The number of benzene rings is 2. The maximum Gasteiger partial charge on any atom is 0.412 e.